The van der Waals surface area contributed by atoms with Gasteiger partial charge in [0.1, 0.15) is 0 Å². The smallest absolute Gasteiger partial charge is 0.217 e. The fourth-order valence-electron chi connectivity index (χ4n) is 1.98. The van der Waals surface area contributed by atoms with Crippen LogP contribution in [0.5, 0.6) is 5.88 Å². The molecule has 19 heavy (non-hydrogen) atoms. The van der Waals surface area contributed by atoms with E-state index in [-0.39, 0.29) is 0 Å². The molecule has 102 valence electrons. The summed E-state index contributed by atoms with van der Waals surface area (Å²) in [5.74, 6) is 0.707. The van der Waals surface area contributed by atoms with Crippen molar-refractivity contribution < 1.29 is 4.74 Å². The Morgan fingerprint density at radius 3 is 2.84 bits per heavy atom. The van der Waals surface area contributed by atoms with Gasteiger partial charge in [-0.1, -0.05) is 6.07 Å². The first-order valence-corrected chi connectivity index (χ1v) is 6.50. The summed E-state index contributed by atoms with van der Waals surface area (Å²) >= 11 is 0. The molecule has 2 N–H and O–H groups in total. The second kappa shape index (κ2) is 6.33. The van der Waals surface area contributed by atoms with Crippen LogP contribution in [0.4, 0.5) is 0 Å². The molecule has 0 atom stereocenters. The monoisotopic (exact) mass is 260 g/mol. The number of aromatic amines is 1. The van der Waals surface area contributed by atoms with Gasteiger partial charge in [-0.2, -0.15) is 5.10 Å². The number of nitrogens with one attached hydrogen (secondary N) is 2. The Morgan fingerprint density at radius 2 is 2.16 bits per heavy atom. The molecule has 0 radical (unpaired) electrons. The maximum Gasteiger partial charge on any atom is 0.217 e. The average Bonchev–Trinajstić information content (AvgIpc) is 2.72. The van der Waals surface area contributed by atoms with E-state index in [1.807, 2.05) is 32.9 Å². The molecule has 0 bridgehead atoms. The van der Waals surface area contributed by atoms with Crippen LogP contribution >= 0.6 is 0 Å². The molecule has 2 heterocycles. The van der Waals surface area contributed by atoms with Crippen LogP contribution in [0.2, 0.25) is 0 Å². The molecular formula is C14H20N4O. The van der Waals surface area contributed by atoms with E-state index < -0.39 is 0 Å². The van der Waals surface area contributed by atoms with E-state index in [4.69, 9.17) is 4.74 Å². The van der Waals surface area contributed by atoms with Crippen LogP contribution in [0.25, 0.3) is 0 Å². The highest BCUT2D eigenvalue weighted by Gasteiger charge is 2.07. The molecule has 2 rings (SSSR count). The number of nitrogens with zero attached hydrogens (tertiary/aromatic N) is 2. The van der Waals surface area contributed by atoms with Crippen molar-refractivity contribution in [3.63, 3.8) is 0 Å². The predicted molar refractivity (Wildman–Crippen MR) is 74.0 cm³/mol. The summed E-state index contributed by atoms with van der Waals surface area (Å²) < 4.78 is 5.50. The number of rotatable bonds is 6. The lowest BCUT2D eigenvalue weighted by Gasteiger charge is -2.09. The van der Waals surface area contributed by atoms with Gasteiger partial charge in [-0.3, -0.25) is 5.10 Å². The molecule has 0 amide bonds. The molecule has 0 aliphatic heterocycles. The van der Waals surface area contributed by atoms with Crippen molar-refractivity contribution in [3.05, 3.63) is 40.8 Å². The summed E-state index contributed by atoms with van der Waals surface area (Å²) in [5, 5.41) is 10.6. The van der Waals surface area contributed by atoms with Gasteiger partial charge in [0.15, 0.2) is 0 Å². The number of hydrogen-bond acceptors (Lipinski definition) is 4. The second-order valence-corrected chi connectivity index (χ2v) is 4.42. The maximum absolute atomic E-state index is 5.50. The zero-order chi connectivity index (χ0) is 13.7. The van der Waals surface area contributed by atoms with Crippen LogP contribution in [0.15, 0.2) is 18.3 Å². The minimum Gasteiger partial charge on any atom is -0.478 e. The largest absolute Gasteiger partial charge is 0.478 e. The minimum atomic E-state index is 0.629. The molecule has 2 aromatic heterocycles. The number of aromatic nitrogens is 3. The molecule has 0 saturated heterocycles. The Kier molecular flexibility index (Phi) is 4.52. The van der Waals surface area contributed by atoms with E-state index in [0.717, 1.165) is 30.0 Å². The highest BCUT2D eigenvalue weighted by Crippen LogP contribution is 2.14. The van der Waals surface area contributed by atoms with Crippen LogP contribution < -0.4 is 10.1 Å². The van der Waals surface area contributed by atoms with Crippen LogP contribution in [0.3, 0.4) is 0 Å². The highest BCUT2D eigenvalue weighted by atomic mass is 16.5. The number of hydrogen-bond donors (Lipinski definition) is 2. The van der Waals surface area contributed by atoms with E-state index in [1.165, 1.54) is 5.56 Å². The molecule has 5 heteroatoms. The van der Waals surface area contributed by atoms with Crippen LogP contribution in [0, 0.1) is 13.8 Å². The van der Waals surface area contributed by atoms with Gasteiger partial charge in [-0.15, -0.1) is 0 Å². The Morgan fingerprint density at radius 1 is 1.32 bits per heavy atom. The van der Waals surface area contributed by atoms with Gasteiger partial charge in [0.25, 0.3) is 0 Å². The molecule has 0 aliphatic rings. The Hall–Kier alpha value is -1.88. The molecule has 5 nitrogen and oxygen atoms in total. The fraction of sp³-hybridized carbons (Fsp3) is 0.429. The third-order valence-corrected chi connectivity index (χ3v) is 3.03. The third-order valence-electron chi connectivity index (χ3n) is 3.03. The van der Waals surface area contributed by atoms with Crippen molar-refractivity contribution in [1.29, 1.82) is 0 Å². The molecule has 0 aliphatic carbocycles. The van der Waals surface area contributed by atoms with Gasteiger partial charge in [0.2, 0.25) is 5.88 Å². The van der Waals surface area contributed by atoms with E-state index in [2.05, 4.69) is 20.5 Å². The first-order valence-electron chi connectivity index (χ1n) is 6.50. The van der Waals surface area contributed by atoms with Crippen molar-refractivity contribution in [3.8, 4) is 5.88 Å². The quantitative estimate of drug-likeness (QED) is 0.835. The van der Waals surface area contributed by atoms with Gasteiger partial charge in [0, 0.05) is 36.1 Å². The number of H-pyrrole nitrogens is 1. The van der Waals surface area contributed by atoms with Gasteiger partial charge in [0.05, 0.1) is 12.3 Å². The first-order chi connectivity index (χ1) is 9.22. The lowest BCUT2D eigenvalue weighted by atomic mass is 10.2. The summed E-state index contributed by atoms with van der Waals surface area (Å²) in [6, 6.07) is 3.95. The number of pyridine rings is 1. The van der Waals surface area contributed by atoms with Gasteiger partial charge >= 0.3 is 0 Å². The van der Waals surface area contributed by atoms with Crippen LogP contribution in [-0.4, -0.2) is 21.8 Å². The fourth-order valence-corrected chi connectivity index (χ4v) is 1.98. The molecule has 0 aromatic carbocycles. The average molecular weight is 260 g/mol. The SMILES string of the molecule is CCOc1ncccc1CNCc1c(C)n[nH]c1C. The lowest BCUT2D eigenvalue weighted by Crippen LogP contribution is -2.15. The standard InChI is InChI=1S/C14H20N4O/c1-4-19-14-12(6-5-7-16-14)8-15-9-13-10(2)17-18-11(13)3/h5-7,15H,4,8-9H2,1-3H3,(H,17,18). The van der Waals surface area contributed by atoms with E-state index >= 15 is 0 Å². The Bertz CT molecular complexity index is 516. The zero-order valence-electron chi connectivity index (χ0n) is 11.7. The predicted octanol–water partition coefficient (Wildman–Crippen LogP) is 2.11. The number of ether oxygens (including phenoxy) is 1. The normalized spacial score (nSPS) is 10.7. The third kappa shape index (κ3) is 3.32. The highest BCUT2D eigenvalue weighted by molar-refractivity contribution is 5.26. The first kappa shape index (κ1) is 13.5. The molecule has 0 spiro atoms. The molecule has 0 unspecified atom stereocenters. The van der Waals surface area contributed by atoms with E-state index in [1.54, 1.807) is 6.20 Å². The molecule has 2 aromatic rings. The van der Waals surface area contributed by atoms with Gasteiger partial charge in [-0.25, -0.2) is 4.98 Å². The minimum absolute atomic E-state index is 0.629. The van der Waals surface area contributed by atoms with Gasteiger partial charge < -0.3 is 10.1 Å². The number of aryl methyl sites for hydroxylation is 2. The Balaban J connectivity index is 1.96. The molecule has 0 saturated carbocycles. The summed E-state index contributed by atoms with van der Waals surface area (Å²) in [6.07, 6.45) is 1.75. The molecule has 0 fully saturated rings. The van der Waals surface area contributed by atoms with Crippen molar-refractivity contribution in [2.75, 3.05) is 6.61 Å². The van der Waals surface area contributed by atoms with E-state index in [9.17, 15) is 0 Å². The van der Waals surface area contributed by atoms with Crippen LogP contribution in [0.1, 0.15) is 29.4 Å². The molecular weight excluding hydrogens is 240 g/mol. The van der Waals surface area contributed by atoms with Crippen molar-refractivity contribution in [2.24, 2.45) is 0 Å². The van der Waals surface area contributed by atoms with Gasteiger partial charge in [-0.05, 0) is 26.8 Å². The lowest BCUT2D eigenvalue weighted by molar-refractivity contribution is 0.322. The summed E-state index contributed by atoms with van der Waals surface area (Å²) in [7, 11) is 0. The van der Waals surface area contributed by atoms with Crippen LogP contribution in [-0.2, 0) is 13.1 Å². The van der Waals surface area contributed by atoms with Crippen molar-refractivity contribution in [2.45, 2.75) is 33.9 Å². The summed E-state index contributed by atoms with van der Waals surface area (Å²) in [6.45, 7) is 8.15. The topological polar surface area (TPSA) is 62.8 Å². The zero-order valence-corrected chi connectivity index (χ0v) is 11.7. The Labute approximate surface area is 113 Å². The van der Waals surface area contributed by atoms with Crippen molar-refractivity contribution >= 4 is 0 Å². The van der Waals surface area contributed by atoms with E-state index in [0.29, 0.717) is 12.5 Å². The van der Waals surface area contributed by atoms with Crippen molar-refractivity contribution in [1.82, 2.24) is 20.5 Å². The second-order valence-electron chi connectivity index (χ2n) is 4.42. The summed E-state index contributed by atoms with van der Waals surface area (Å²) in [5.41, 5.74) is 4.45. The summed E-state index contributed by atoms with van der Waals surface area (Å²) in [4.78, 5) is 4.24. The maximum atomic E-state index is 5.50.